The molecule has 0 amide bonds. The van der Waals surface area contributed by atoms with Crippen LogP contribution in [0, 0.1) is 10.1 Å². The predicted molar refractivity (Wildman–Crippen MR) is 67.1 cm³/mol. The van der Waals surface area contributed by atoms with E-state index in [1.165, 1.54) is 13.4 Å². The average molecular weight is 269 g/mol. The van der Waals surface area contributed by atoms with Gasteiger partial charge in [0, 0.05) is 26.6 Å². The molecule has 1 aromatic rings. The molecule has 104 valence electrons. The van der Waals surface area contributed by atoms with Crippen LogP contribution in [0.4, 0.5) is 17.3 Å². The number of nitro groups is 1. The zero-order chi connectivity index (χ0) is 13.9. The molecule has 0 aliphatic carbocycles. The Morgan fingerprint density at radius 3 is 2.89 bits per heavy atom. The summed E-state index contributed by atoms with van der Waals surface area (Å²) in [6, 6.07) is 0. The van der Waals surface area contributed by atoms with Crippen LogP contribution in [0.1, 0.15) is 6.42 Å². The SMILES string of the molecule is CNc1ncnc(NCC2(O)CCOC2)c1[N+](=O)[O-]. The standard InChI is InChI=1S/C10H15N5O4/c1-11-8-7(15(17)18)9(14-6-13-8)12-4-10(16)2-3-19-5-10/h6,16H,2-5H2,1H3,(H2,11,12,13,14). The number of anilines is 2. The van der Waals surface area contributed by atoms with Crippen molar-refractivity contribution in [1.29, 1.82) is 0 Å². The van der Waals surface area contributed by atoms with Crippen molar-refractivity contribution in [1.82, 2.24) is 9.97 Å². The van der Waals surface area contributed by atoms with E-state index in [1.807, 2.05) is 0 Å². The highest BCUT2D eigenvalue weighted by molar-refractivity contribution is 5.69. The van der Waals surface area contributed by atoms with Crippen molar-refractivity contribution in [2.24, 2.45) is 0 Å². The monoisotopic (exact) mass is 269 g/mol. The molecule has 0 spiro atoms. The second-order valence-corrected chi connectivity index (χ2v) is 4.31. The topological polar surface area (TPSA) is 122 Å². The molecule has 2 rings (SSSR count). The van der Waals surface area contributed by atoms with Crippen molar-refractivity contribution in [3.05, 3.63) is 16.4 Å². The van der Waals surface area contributed by atoms with E-state index >= 15 is 0 Å². The molecule has 1 saturated heterocycles. The van der Waals surface area contributed by atoms with Gasteiger partial charge in [0.25, 0.3) is 0 Å². The fraction of sp³-hybridized carbons (Fsp3) is 0.600. The summed E-state index contributed by atoms with van der Waals surface area (Å²) >= 11 is 0. The Balaban J connectivity index is 2.17. The molecule has 0 saturated carbocycles. The molecule has 1 aromatic heterocycles. The van der Waals surface area contributed by atoms with E-state index < -0.39 is 10.5 Å². The number of nitrogens with zero attached hydrogens (tertiary/aromatic N) is 3. The molecule has 3 N–H and O–H groups in total. The summed E-state index contributed by atoms with van der Waals surface area (Å²) in [5, 5.41) is 26.6. The van der Waals surface area contributed by atoms with Crippen molar-refractivity contribution >= 4 is 17.3 Å². The summed E-state index contributed by atoms with van der Waals surface area (Å²) in [6.07, 6.45) is 1.70. The fourth-order valence-electron chi connectivity index (χ4n) is 1.85. The van der Waals surface area contributed by atoms with Crippen LogP contribution in [0.15, 0.2) is 6.33 Å². The quantitative estimate of drug-likeness (QED) is 0.504. The number of nitrogens with one attached hydrogen (secondary N) is 2. The highest BCUT2D eigenvalue weighted by Gasteiger charge is 2.33. The van der Waals surface area contributed by atoms with Crippen LogP contribution >= 0.6 is 0 Å². The second-order valence-electron chi connectivity index (χ2n) is 4.31. The fourth-order valence-corrected chi connectivity index (χ4v) is 1.85. The number of hydrogen-bond acceptors (Lipinski definition) is 8. The normalized spacial score (nSPS) is 22.2. The van der Waals surface area contributed by atoms with Crippen molar-refractivity contribution in [3.8, 4) is 0 Å². The maximum absolute atomic E-state index is 11.0. The highest BCUT2D eigenvalue weighted by atomic mass is 16.6. The van der Waals surface area contributed by atoms with Crippen LogP contribution in [0.25, 0.3) is 0 Å². The zero-order valence-corrected chi connectivity index (χ0v) is 10.4. The van der Waals surface area contributed by atoms with Crippen LogP contribution in [-0.4, -0.2) is 52.4 Å². The number of aliphatic hydroxyl groups is 1. The molecule has 2 heterocycles. The molecule has 1 fully saturated rings. The summed E-state index contributed by atoms with van der Waals surface area (Å²) in [5.74, 6) is 0.196. The first-order valence-corrected chi connectivity index (χ1v) is 5.77. The Bertz CT molecular complexity index is 475. The molecule has 1 atom stereocenters. The minimum Gasteiger partial charge on any atom is -0.386 e. The number of ether oxygens (including phenoxy) is 1. The van der Waals surface area contributed by atoms with E-state index in [1.54, 1.807) is 0 Å². The van der Waals surface area contributed by atoms with Gasteiger partial charge in [-0.15, -0.1) is 0 Å². The van der Waals surface area contributed by atoms with Crippen LogP contribution in [-0.2, 0) is 4.74 Å². The van der Waals surface area contributed by atoms with E-state index in [4.69, 9.17) is 4.74 Å². The predicted octanol–water partition coefficient (Wildman–Crippen LogP) is -0.0102. The van der Waals surface area contributed by atoms with Crippen LogP contribution in [0.2, 0.25) is 0 Å². The van der Waals surface area contributed by atoms with Gasteiger partial charge in [-0.3, -0.25) is 10.1 Å². The maximum atomic E-state index is 11.0. The van der Waals surface area contributed by atoms with Gasteiger partial charge in [-0.1, -0.05) is 0 Å². The van der Waals surface area contributed by atoms with Gasteiger partial charge in [0.2, 0.25) is 11.6 Å². The van der Waals surface area contributed by atoms with Crippen LogP contribution < -0.4 is 10.6 Å². The Morgan fingerprint density at radius 1 is 1.58 bits per heavy atom. The molecule has 0 radical (unpaired) electrons. The van der Waals surface area contributed by atoms with Crippen molar-refractivity contribution in [2.45, 2.75) is 12.0 Å². The molecule has 9 heteroatoms. The highest BCUT2D eigenvalue weighted by Crippen LogP contribution is 2.29. The van der Waals surface area contributed by atoms with Crippen LogP contribution in [0.3, 0.4) is 0 Å². The lowest BCUT2D eigenvalue weighted by Gasteiger charge is -2.20. The molecule has 19 heavy (non-hydrogen) atoms. The lowest BCUT2D eigenvalue weighted by Crippen LogP contribution is -2.37. The summed E-state index contributed by atoms with van der Waals surface area (Å²) < 4.78 is 5.10. The third-order valence-electron chi connectivity index (χ3n) is 2.91. The van der Waals surface area contributed by atoms with E-state index in [9.17, 15) is 15.2 Å². The minimum atomic E-state index is -1.02. The van der Waals surface area contributed by atoms with Gasteiger partial charge in [-0.2, -0.15) is 0 Å². The molecular weight excluding hydrogens is 254 g/mol. The summed E-state index contributed by atoms with van der Waals surface area (Å²) in [5.41, 5.74) is -1.26. The lowest BCUT2D eigenvalue weighted by molar-refractivity contribution is -0.383. The second kappa shape index (κ2) is 5.33. The molecule has 1 aliphatic rings. The largest absolute Gasteiger partial charge is 0.386 e. The molecule has 9 nitrogen and oxygen atoms in total. The first kappa shape index (κ1) is 13.4. The first-order valence-electron chi connectivity index (χ1n) is 5.77. The third kappa shape index (κ3) is 2.88. The van der Waals surface area contributed by atoms with Gasteiger partial charge in [0.05, 0.1) is 11.5 Å². The zero-order valence-electron chi connectivity index (χ0n) is 10.4. The van der Waals surface area contributed by atoms with Gasteiger partial charge in [-0.05, 0) is 0 Å². The molecule has 0 aromatic carbocycles. The third-order valence-corrected chi connectivity index (χ3v) is 2.91. The Hall–Kier alpha value is -2.00. The van der Waals surface area contributed by atoms with Crippen LogP contribution in [0.5, 0.6) is 0 Å². The van der Waals surface area contributed by atoms with E-state index in [0.29, 0.717) is 13.0 Å². The van der Waals surface area contributed by atoms with E-state index in [2.05, 4.69) is 20.6 Å². The van der Waals surface area contributed by atoms with Crippen molar-refractivity contribution in [3.63, 3.8) is 0 Å². The molecule has 1 unspecified atom stereocenters. The minimum absolute atomic E-state index is 0.0738. The summed E-state index contributed by atoms with van der Waals surface area (Å²) in [4.78, 5) is 18.1. The number of hydrogen-bond donors (Lipinski definition) is 3. The Morgan fingerprint density at radius 2 is 2.32 bits per heavy atom. The van der Waals surface area contributed by atoms with E-state index in [-0.39, 0.29) is 30.5 Å². The Labute approximate surface area is 109 Å². The maximum Gasteiger partial charge on any atom is 0.353 e. The Kier molecular flexibility index (Phi) is 3.76. The van der Waals surface area contributed by atoms with Gasteiger partial charge < -0.3 is 20.5 Å². The molecular formula is C10H15N5O4. The van der Waals surface area contributed by atoms with Crippen molar-refractivity contribution in [2.75, 3.05) is 37.4 Å². The summed E-state index contributed by atoms with van der Waals surface area (Å²) in [6.45, 7) is 0.817. The smallest absolute Gasteiger partial charge is 0.353 e. The van der Waals surface area contributed by atoms with Gasteiger partial charge >= 0.3 is 5.69 Å². The lowest BCUT2D eigenvalue weighted by atomic mass is 10.0. The summed E-state index contributed by atoms with van der Waals surface area (Å²) in [7, 11) is 1.54. The molecule has 0 bridgehead atoms. The van der Waals surface area contributed by atoms with Crippen molar-refractivity contribution < 1.29 is 14.8 Å². The van der Waals surface area contributed by atoms with E-state index in [0.717, 1.165) is 0 Å². The first-order chi connectivity index (χ1) is 9.06. The van der Waals surface area contributed by atoms with Gasteiger partial charge in [0.1, 0.15) is 11.9 Å². The average Bonchev–Trinajstić information content (AvgIpc) is 2.83. The molecule has 1 aliphatic heterocycles. The number of aromatic nitrogens is 2. The number of rotatable bonds is 5. The van der Waals surface area contributed by atoms with Gasteiger partial charge in [0.15, 0.2) is 0 Å². The van der Waals surface area contributed by atoms with Gasteiger partial charge in [-0.25, -0.2) is 9.97 Å².